The van der Waals surface area contributed by atoms with E-state index in [1.54, 1.807) is 11.9 Å². The van der Waals surface area contributed by atoms with Gasteiger partial charge in [0.05, 0.1) is 6.10 Å². The maximum absolute atomic E-state index is 12.2. The molecule has 0 spiro atoms. The summed E-state index contributed by atoms with van der Waals surface area (Å²) in [5.74, 6) is 1.49. The van der Waals surface area contributed by atoms with E-state index in [0.29, 0.717) is 12.5 Å². The van der Waals surface area contributed by atoms with Crippen LogP contribution in [0.15, 0.2) is 0 Å². The summed E-state index contributed by atoms with van der Waals surface area (Å²) in [5.41, 5.74) is 0. The summed E-state index contributed by atoms with van der Waals surface area (Å²) >= 11 is 0. The quantitative estimate of drug-likeness (QED) is 0.890. The standard InChI is InChI=1S/C13H20N4O2/c1-17(8-10-4-2-3-7-19-10)13(18)12-14-11(15-16-12)9-5-6-9/h9-10H,2-8H2,1H3,(H,14,15,16). The van der Waals surface area contributed by atoms with Crippen molar-refractivity contribution in [3.63, 3.8) is 0 Å². The Morgan fingerprint density at radius 1 is 1.42 bits per heavy atom. The lowest BCUT2D eigenvalue weighted by atomic mass is 10.1. The van der Waals surface area contributed by atoms with Crippen molar-refractivity contribution in [3.05, 3.63) is 11.6 Å². The van der Waals surface area contributed by atoms with Crippen LogP contribution in [-0.2, 0) is 4.74 Å². The van der Waals surface area contributed by atoms with Crippen LogP contribution in [0.4, 0.5) is 0 Å². The van der Waals surface area contributed by atoms with Gasteiger partial charge in [0.25, 0.3) is 5.91 Å². The SMILES string of the molecule is CN(CC1CCCCO1)C(=O)c1n[nH]c(C2CC2)n1. The molecule has 1 aromatic heterocycles. The van der Waals surface area contributed by atoms with Crippen LogP contribution in [0.5, 0.6) is 0 Å². The molecule has 1 aliphatic carbocycles. The Bertz CT molecular complexity index is 449. The molecule has 2 heterocycles. The van der Waals surface area contributed by atoms with Crippen LogP contribution >= 0.6 is 0 Å². The molecule has 104 valence electrons. The zero-order valence-electron chi connectivity index (χ0n) is 11.3. The number of nitrogens with one attached hydrogen (secondary N) is 1. The van der Waals surface area contributed by atoms with E-state index in [4.69, 9.17) is 4.74 Å². The van der Waals surface area contributed by atoms with Gasteiger partial charge in [-0.3, -0.25) is 9.89 Å². The minimum atomic E-state index is -0.127. The minimum Gasteiger partial charge on any atom is -0.376 e. The fraction of sp³-hybridized carbons (Fsp3) is 0.769. The van der Waals surface area contributed by atoms with Gasteiger partial charge in [0.15, 0.2) is 0 Å². The van der Waals surface area contributed by atoms with Crippen LogP contribution in [0.3, 0.4) is 0 Å². The maximum atomic E-state index is 12.2. The Kier molecular flexibility index (Phi) is 3.50. The van der Waals surface area contributed by atoms with Crippen molar-refractivity contribution >= 4 is 5.91 Å². The minimum absolute atomic E-state index is 0.127. The Morgan fingerprint density at radius 2 is 2.26 bits per heavy atom. The summed E-state index contributed by atoms with van der Waals surface area (Å²) in [6.45, 7) is 1.42. The first-order valence-corrected chi connectivity index (χ1v) is 7.03. The molecule has 2 aliphatic rings. The lowest BCUT2D eigenvalue weighted by Crippen LogP contribution is -2.37. The van der Waals surface area contributed by atoms with Crippen molar-refractivity contribution in [2.45, 2.75) is 44.1 Å². The van der Waals surface area contributed by atoms with Crippen molar-refractivity contribution in [1.82, 2.24) is 20.1 Å². The van der Waals surface area contributed by atoms with E-state index in [9.17, 15) is 4.79 Å². The molecule has 2 fully saturated rings. The van der Waals surface area contributed by atoms with Crippen LogP contribution in [0, 0.1) is 0 Å². The molecule has 6 nitrogen and oxygen atoms in total. The van der Waals surface area contributed by atoms with Crippen molar-refractivity contribution in [2.24, 2.45) is 0 Å². The Hall–Kier alpha value is -1.43. The molecule has 6 heteroatoms. The summed E-state index contributed by atoms with van der Waals surface area (Å²) in [6, 6.07) is 0. The van der Waals surface area contributed by atoms with Gasteiger partial charge in [0.1, 0.15) is 5.82 Å². The highest BCUT2D eigenvalue weighted by atomic mass is 16.5. The number of rotatable bonds is 4. The summed E-state index contributed by atoms with van der Waals surface area (Å²) in [7, 11) is 1.79. The largest absolute Gasteiger partial charge is 0.376 e. The molecule has 1 saturated carbocycles. The van der Waals surface area contributed by atoms with Crippen LogP contribution in [-0.4, -0.2) is 52.3 Å². The van der Waals surface area contributed by atoms with E-state index in [0.717, 1.165) is 38.1 Å². The number of aromatic amines is 1. The number of carbonyl (C=O) groups excluding carboxylic acids is 1. The van der Waals surface area contributed by atoms with Gasteiger partial charge < -0.3 is 9.64 Å². The third kappa shape index (κ3) is 2.94. The summed E-state index contributed by atoms with van der Waals surface area (Å²) in [4.78, 5) is 18.2. The molecule has 1 aromatic rings. The number of likely N-dealkylation sites (N-methyl/N-ethyl adjacent to an activating group) is 1. The fourth-order valence-electron chi connectivity index (χ4n) is 2.42. The Labute approximate surface area is 112 Å². The third-order valence-electron chi connectivity index (χ3n) is 3.76. The number of hydrogen-bond acceptors (Lipinski definition) is 4. The van der Waals surface area contributed by atoms with Crippen molar-refractivity contribution in [3.8, 4) is 0 Å². The number of amides is 1. The molecule has 1 saturated heterocycles. The molecule has 1 amide bonds. The lowest BCUT2D eigenvalue weighted by molar-refractivity contribution is -0.000395. The van der Waals surface area contributed by atoms with E-state index in [2.05, 4.69) is 15.2 Å². The Balaban J connectivity index is 1.58. The zero-order valence-corrected chi connectivity index (χ0v) is 11.3. The van der Waals surface area contributed by atoms with Gasteiger partial charge in [-0.05, 0) is 32.1 Å². The number of hydrogen-bond donors (Lipinski definition) is 1. The molecule has 1 N–H and O–H groups in total. The van der Waals surface area contributed by atoms with Gasteiger partial charge in [-0.25, -0.2) is 4.98 Å². The van der Waals surface area contributed by atoms with Crippen LogP contribution in [0.2, 0.25) is 0 Å². The molecular formula is C13H20N4O2. The van der Waals surface area contributed by atoms with Gasteiger partial charge in [-0.1, -0.05) is 0 Å². The van der Waals surface area contributed by atoms with Crippen LogP contribution < -0.4 is 0 Å². The number of aromatic nitrogens is 3. The molecule has 1 unspecified atom stereocenters. The van der Waals surface area contributed by atoms with Gasteiger partial charge in [-0.15, -0.1) is 5.10 Å². The predicted molar refractivity (Wildman–Crippen MR) is 68.9 cm³/mol. The van der Waals surface area contributed by atoms with Gasteiger partial charge in [0, 0.05) is 26.1 Å². The highest BCUT2D eigenvalue weighted by Crippen LogP contribution is 2.37. The predicted octanol–water partition coefficient (Wildman–Crippen LogP) is 1.32. The first-order chi connectivity index (χ1) is 9.24. The molecule has 0 radical (unpaired) electrons. The summed E-state index contributed by atoms with van der Waals surface area (Å²) < 4.78 is 5.65. The van der Waals surface area contributed by atoms with E-state index >= 15 is 0 Å². The average Bonchev–Trinajstić information content (AvgIpc) is 3.17. The van der Waals surface area contributed by atoms with Crippen molar-refractivity contribution < 1.29 is 9.53 Å². The molecule has 3 rings (SSSR count). The van der Waals surface area contributed by atoms with E-state index in [-0.39, 0.29) is 17.8 Å². The number of nitrogens with zero attached hydrogens (tertiary/aromatic N) is 3. The topological polar surface area (TPSA) is 71.1 Å². The third-order valence-corrected chi connectivity index (χ3v) is 3.76. The van der Waals surface area contributed by atoms with Gasteiger partial charge in [0.2, 0.25) is 5.82 Å². The second-order valence-corrected chi connectivity index (χ2v) is 5.49. The number of H-pyrrole nitrogens is 1. The molecular weight excluding hydrogens is 244 g/mol. The van der Waals surface area contributed by atoms with E-state index < -0.39 is 0 Å². The highest BCUT2D eigenvalue weighted by Gasteiger charge is 2.29. The monoisotopic (exact) mass is 264 g/mol. The molecule has 0 aromatic carbocycles. The average molecular weight is 264 g/mol. The molecule has 19 heavy (non-hydrogen) atoms. The lowest BCUT2D eigenvalue weighted by Gasteiger charge is -2.26. The first-order valence-electron chi connectivity index (χ1n) is 7.03. The maximum Gasteiger partial charge on any atom is 0.293 e. The van der Waals surface area contributed by atoms with Gasteiger partial charge >= 0.3 is 0 Å². The molecule has 1 atom stereocenters. The number of ether oxygens (including phenoxy) is 1. The van der Waals surface area contributed by atoms with Crippen LogP contribution in [0.25, 0.3) is 0 Å². The fourth-order valence-corrected chi connectivity index (χ4v) is 2.42. The van der Waals surface area contributed by atoms with E-state index in [1.807, 2.05) is 0 Å². The second kappa shape index (κ2) is 5.28. The summed E-state index contributed by atoms with van der Waals surface area (Å²) in [6.07, 6.45) is 5.78. The van der Waals surface area contributed by atoms with E-state index in [1.165, 1.54) is 6.42 Å². The Morgan fingerprint density at radius 3 is 2.95 bits per heavy atom. The number of carbonyl (C=O) groups is 1. The van der Waals surface area contributed by atoms with Crippen LogP contribution in [0.1, 0.15) is 54.5 Å². The van der Waals surface area contributed by atoms with Gasteiger partial charge in [-0.2, -0.15) is 0 Å². The second-order valence-electron chi connectivity index (χ2n) is 5.49. The molecule has 1 aliphatic heterocycles. The first kappa shape index (κ1) is 12.6. The summed E-state index contributed by atoms with van der Waals surface area (Å²) in [5, 5.41) is 6.89. The highest BCUT2D eigenvalue weighted by molar-refractivity contribution is 5.90. The van der Waals surface area contributed by atoms with Crippen molar-refractivity contribution in [2.75, 3.05) is 20.2 Å². The normalized spacial score (nSPS) is 23.3. The zero-order chi connectivity index (χ0) is 13.2. The smallest absolute Gasteiger partial charge is 0.293 e. The molecule has 0 bridgehead atoms. The van der Waals surface area contributed by atoms with Crippen molar-refractivity contribution in [1.29, 1.82) is 0 Å².